The lowest BCUT2D eigenvalue weighted by atomic mass is 9.96. The topological polar surface area (TPSA) is 29.1 Å². The van der Waals surface area contributed by atoms with Gasteiger partial charge in [-0.15, -0.1) is 11.3 Å². The zero-order chi connectivity index (χ0) is 14.1. The van der Waals surface area contributed by atoms with E-state index in [2.05, 4.69) is 51.7 Å². The molecule has 1 amide bonds. The van der Waals surface area contributed by atoms with Crippen LogP contribution in [-0.2, 0) is 12.8 Å². The average Bonchev–Trinajstić information content (AvgIpc) is 2.95. The second-order valence-corrected chi connectivity index (χ2v) is 6.81. The Morgan fingerprint density at radius 1 is 1.40 bits per heavy atom. The highest BCUT2D eigenvalue weighted by Gasteiger charge is 2.20. The van der Waals surface area contributed by atoms with Gasteiger partial charge in [0.2, 0.25) is 0 Å². The van der Waals surface area contributed by atoms with Gasteiger partial charge in [-0.1, -0.05) is 35.0 Å². The molecule has 4 heteroatoms. The fourth-order valence-corrected chi connectivity index (χ4v) is 4.50. The van der Waals surface area contributed by atoms with Crippen LogP contribution >= 0.6 is 27.3 Å². The third kappa shape index (κ3) is 2.42. The number of rotatable bonds is 3. The molecule has 0 spiro atoms. The number of hydrogen-bond acceptors (Lipinski definition) is 2. The minimum absolute atomic E-state index is 0.0506. The van der Waals surface area contributed by atoms with Crippen molar-refractivity contribution < 1.29 is 4.79 Å². The monoisotopic (exact) mass is 349 g/mol. The molecule has 0 fully saturated rings. The normalized spacial score (nSPS) is 15.6. The maximum atomic E-state index is 11.9. The first-order valence-electron chi connectivity index (χ1n) is 6.82. The van der Waals surface area contributed by atoms with Crippen LogP contribution in [0.3, 0.4) is 0 Å². The molecule has 1 N–H and O–H groups in total. The Balaban J connectivity index is 1.98. The highest BCUT2D eigenvalue weighted by atomic mass is 79.9. The molecule has 3 rings (SSSR count). The number of alkyl halides is 1. The van der Waals surface area contributed by atoms with E-state index in [0.717, 1.165) is 36.1 Å². The van der Waals surface area contributed by atoms with Crippen molar-refractivity contribution in [2.45, 2.75) is 24.6 Å². The number of carbonyl (C=O) groups is 1. The lowest BCUT2D eigenvalue weighted by Crippen LogP contribution is -2.31. The molecule has 1 aromatic heterocycles. The second-order valence-electron chi connectivity index (χ2n) is 4.95. The summed E-state index contributed by atoms with van der Waals surface area (Å²) in [6.45, 7) is 2.92. The van der Waals surface area contributed by atoms with Crippen molar-refractivity contribution in [1.29, 1.82) is 0 Å². The van der Waals surface area contributed by atoms with E-state index in [-0.39, 0.29) is 10.7 Å². The Bertz CT molecular complexity index is 650. The molecule has 1 atom stereocenters. The van der Waals surface area contributed by atoms with Crippen molar-refractivity contribution in [2.24, 2.45) is 0 Å². The lowest BCUT2D eigenvalue weighted by molar-refractivity contribution is 0.0946. The molecule has 20 heavy (non-hydrogen) atoms. The number of aryl methyl sites for hydroxylation is 1. The SMILES string of the molecule is CCc1ccsc1C(Br)c1ccc2c(c1)C(=O)NCC2. The second kappa shape index (κ2) is 5.70. The summed E-state index contributed by atoms with van der Waals surface area (Å²) in [4.78, 5) is 13.4. The highest BCUT2D eigenvalue weighted by Crippen LogP contribution is 2.37. The van der Waals surface area contributed by atoms with E-state index in [1.54, 1.807) is 11.3 Å². The molecular formula is C16H16BrNOS. The van der Waals surface area contributed by atoms with Crippen LogP contribution in [0.5, 0.6) is 0 Å². The molecule has 2 nitrogen and oxygen atoms in total. The molecule has 0 aliphatic carbocycles. The van der Waals surface area contributed by atoms with Gasteiger partial charge < -0.3 is 5.32 Å². The van der Waals surface area contributed by atoms with E-state index in [4.69, 9.17) is 0 Å². The van der Waals surface area contributed by atoms with E-state index in [9.17, 15) is 4.79 Å². The Hall–Kier alpha value is -1.13. The van der Waals surface area contributed by atoms with Crippen LogP contribution in [0.25, 0.3) is 0 Å². The predicted octanol–water partition coefficient (Wildman–Crippen LogP) is 4.08. The predicted molar refractivity (Wildman–Crippen MR) is 86.9 cm³/mol. The number of hydrogen-bond donors (Lipinski definition) is 1. The van der Waals surface area contributed by atoms with Crippen molar-refractivity contribution in [3.05, 3.63) is 56.8 Å². The van der Waals surface area contributed by atoms with Crippen LogP contribution < -0.4 is 5.32 Å². The van der Waals surface area contributed by atoms with Crippen LogP contribution in [-0.4, -0.2) is 12.5 Å². The highest BCUT2D eigenvalue weighted by molar-refractivity contribution is 9.09. The molecular weight excluding hydrogens is 334 g/mol. The van der Waals surface area contributed by atoms with Crippen molar-refractivity contribution in [3.8, 4) is 0 Å². The lowest BCUT2D eigenvalue weighted by Gasteiger charge is -2.19. The third-order valence-electron chi connectivity index (χ3n) is 3.74. The third-order valence-corrected chi connectivity index (χ3v) is 6.06. The molecule has 0 saturated heterocycles. The van der Waals surface area contributed by atoms with Crippen LogP contribution in [0.4, 0.5) is 0 Å². The molecule has 1 aromatic carbocycles. The molecule has 0 bridgehead atoms. The van der Waals surface area contributed by atoms with Crippen molar-refractivity contribution >= 4 is 33.2 Å². The first kappa shape index (κ1) is 13.8. The summed E-state index contributed by atoms with van der Waals surface area (Å²) in [5.41, 5.74) is 4.50. The fraction of sp³-hybridized carbons (Fsp3) is 0.312. The minimum atomic E-state index is 0.0506. The number of benzene rings is 1. The van der Waals surface area contributed by atoms with Gasteiger partial charge in [-0.2, -0.15) is 0 Å². The number of amides is 1. The summed E-state index contributed by atoms with van der Waals surface area (Å²) in [7, 11) is 0. The summed E-state index contributed by atoms with van der Waals surface area (Å²) in [5, 5.41) is 5.04. The van der Waals surface area contributed by atoms with Crippen LogP contribution in [0.1, 0.15) is 43.7 Å². The molecule has 2 heterocycles. The molecule has 0 radical (unpaired) electrons. The number of nitrogens with one attached hydrogen (secondary N) is 1. The summed E-state index contributed by atoms with van der Waals surface area (Å²) < 4.78 is 0. The number of fused-ring (bicyclic) bond motifs is 1. The van der Waals surface area contributed by atoms with Crippen LogP contribution in [0, 0.1) is 0 Å². The first-order chi connectivity index (χ1) is 9.70. The van der Waals surface area contributed by atoms with Gasteiger partial charge in [-0.05, 0) is 47.0 Å². The molecule has 1 unspecified atom stereocenters. The minimum Gasteiger partial charge on any atom is -0.352 e. The van der Waals surface area contributed by atoms with Gasteiger partial charge in [0.15, 0.2) is 0 Å². The molecule has 1 aliphatic rings. The summed E-state index contributed by atoms with van der Waals surface area (Å²) in [6, 6.07) is 8.44. The number of halogens is 1. The van der Waals surface area contributed by atoms with Gasteiger partial charge in [-0.25, -0.2) is 0 Å². The van der Waals surface area contributed by atoms with Gasteiger partial charge in [0.05, 0.1) is 4.83 Å². The van der Waals surface area contributed by atoms with Crippen molar-refractivity contribution in [2.75, 3.05) is 6.54 Å². The maximum Gasteiger partial charge on any atom is 0.251 e. The Morgan fingerprint density at radius 3 is 3.05 bits per heavy atom. The quantitative estimate of drug-likeness (QED) is 0.831. The fourth-order valence-electron chi connectivity index (χ4n) is 2.60. The standard InChI is InChI=1S/C16H16BrNOS/c1-2-10-6-8-20-15(10)14(17)12-4-3-11-5-7-18-16(19)13(11)9-12/h3-4,6,8-9,14H,2,5,7H2,1H3,(H,18,19). The van der Waals surface area contributed by atoms with Crippen LogP contribution in [0.2, 0.25) is 0 Å². The van der Waals surface area contributed by atoms with Gasteiger partial charge >= 0.3 is 0 Å². The molecule has 0 saturated carbocycles. The average molecular weight is 350 g/mol. The van der Waals surface area contributed by atoms with Gasteiger partial charge in [0, 0.05) is 17.0 Å². The smallest absolute Gasteiger partial charge is 0.251 e. The van der Waals surface area contributed by atoms with Gasteiger partial charge in [0.1, 0.15) is 0 Å². The van der Waals surface area contributed by atoms with E-state index < -0.39 is 0 Å². The summed E-state index contributed by atoms with van der Waals surface area (Å²) in [5.74, 6) is 0.0506. The molecule has 2 aromatic rings. The Morgan fingerprint density at radius 2 is 2.25 bits per heavy atom. The largest absolute Gasteiger partial charge is 0.352 e. The van der Waals surface area contributed by atoms with Gasteiger partial charge in [-0.3, -0.25) is 4.79 Å². The van der Waals surface area contributed by atoms with E-state index in [0.29, 0.717) is 0 Å². The zero-order valence-electron chi connectivity index (χ0n) is 11.3. The Labute approximate surface area is 131 Å². The van der Waals surface area contributed by atoms with E-state index in [1.807, 2.05) is 6.07 Å². The van der Waals surface area contributed by atoms with Gasteiger partial charge in [0.25, 0.3) is 5.91 Å². The van der Waals surface area contributed by atoms with Crippen molar-refractivity contribution in [1.82, 2.24) is 5.32 Å². The zero-order valence-corrected chi connectivity index (χ0v) is 13.7. The summed E-state index contributed by atoms with van der Waals surface area (Å²) in [6.07, 6.45) is 1.96. The van der Waals surface area contributed by atoms with Crippen LogP contribution in [0.15, 0.2) is 29.6 Å². The first-order valence-corrected chi connectivity index (χ1v) is 8.61. The number of thiophene rings is 1. The molecule has 104 valence electrons. The van der Waals surface area contributed by atoms with Crippen molar-refractivity contribution in [3.63, 3.8) is 0 Å². The molecule has 1 aliphatic heterocycles. The Kier molecular flexibility index (Phi) is 3.94. The maximum absolute atomic E-state index is 11.9. The summed E-state index contributed by atoms with van der Waals surface area (Å²) >= 11 is 5.56. The number of carbonyl (C=O) groups excluding carboxylic acids is 1. The van der Waals surface area contributed by atoms with E-state index in [1.165, 1.54) is 10.4 Å². The van der Waals surface area contributed by atoms with E-state index >= 15 is 0 Å².